The second kappa shape index (κ2) is 6.55. The van der Waals surface area contributed by atoms with Crippen molar-refractivity contribution in [2.45, 2.75) is 38.3 Å². The van der Waals surface area contributed by atoms with Crippen LogP contribution in [0.25, 0.3) is 0 Å². The van der Waals surface area contributed by atoms with E-state index in [1.165, 1.54) is 0 Å². The molecule has 4 nitrogen and oxygen atoms in total. The first-order valence-corrected chi connectivity index (χ1v) is 8.16. The zero-order chi connectivity index (χ0) is 15.6. The van der Waals surface area contributed by atoms with Crippen LogP contribution in [0, 0.1) is 5.92 Å². The number of carbonyl (C=O) groups is 1. The number of benzene rings is 1. The quantitative estimate of drug-likeness (QED) is 0.845. The molecular weight excluding hydrogens is 356 g/mol. The van der Waals surface area contributed by atoms with Gasteiger partial charge in [0.05, 0.1) is 11.1 Å². The topological polar surface area (TPSA) is 64.3 Å². The molecule has 116 valence electrons. The number of hydrogen-bond donors (Lipinski definition) is 2. The molecule has 0 spiro atoms. The first-order chi connectivity index (χ1) is 9.84. The first kappa shape index (κ1) is 16.6. The molecule has 1 aliphatic heterocycles. The van der Waals surface area contributed by atoms with Gasteiger partial charge in [-0.15, -0.1) is 0 Å². The Kier molecular flexibility index (Phi) is 5.17. The molecule has 6 heteroatoms. The van der Waals surface area contributed by atoms with E-state index in [2.05, 4.69) is 35.1 Å². The van der Waals surface area contributed by atoms with Crippen LogP contribution in [0.3, 0.4) is 0 Å². The smallest absolute Gasteiger partial charge is 0.243 e. The molecule has 1 aromatic carbocycles. The molecule has 0 bridgehead atoms. The second-order valence-electron chi connectivity index (χ2n) is 5.81. The predicted octanol–water partition coefficient (Wildman–Crippen LogP) is 3.57. The summed E-state index contributed by atoms with van der Waals surface area (Å²) < 4.78 is 6.53. The summed E-state index contributed by atoms with van der Waals surface area (Å²) in [5.41, 5.74) is 5.72. The highest BCUT2D eigenvalue weighted by Crippen LogP contribution is 2.33. The molecule has 0 radical (unpaired) electrons. The molecule has 2 rings (SSSR count). The predicted molar refractivity (Wildman–Crippen MR) is 88.5 cm³/mol. The first-order valence-electron chi connectivity index (χ1n) is 6.99. The van der Waals surface area contributed by atoms with Crippen molar-refractivity contribution in [3.63, 3.8) is 0 Å². The molecule has 1 heterocycles. The fourth-order valence-electron chi connectivity index (χ4n) is 2.57. The van der Waals surface area contributed by atoms with Gasteiger partial charge in [0, 0.05) is 29.6 Å². The van der Waals surface area contributed by atoms with Gasteiger partial charge in [0.2, 0.25) is 5.91 Å². The Hall–Kier alpha value is -0.780. The van der Waals surface area contributed by atoms with Crippen molar-refractivity contribution in [1.29, 1.82) is 0 Å². The number of carbonyl (C=O) groups excluding carboxylic acids is 1. The maximum Gasteiger partial charge on any atom is 0.243 e. The highest BCUT2D eigenvalue weighted by molar-refractivity contribution is 9.10. The number of rotatable bonds is 4. The minimum absolute atomic E-state index is 0.0227. The summed E-state index contributed by atoms with van der Waals surface area (Å²) in [5, 5.41) is 3.93. The van der Waals surface area contributed by atoms with Gasteiger partial charge >= 0.3 is 0 Å². The Bertz CT molecular complexity index is 538. The van der Waals surface area contributed by atoms with E-state index in [0.717, 1.165) is 10.2 Å². The molecule has 3 N–H and O–H groups in total. The van der Waals surface area contributed by atoms with Gasteiger partial charge in [-0.1, -0.05) is 25.4 Å². The maximum absolute atomic E-state index is 12.1. The summed E-state index contributed by atoms with van der Waals surface area (Å²) in [6.45, 7) is 4.69. The maximum atomic E-state index is 12.1. The SMILES string of the molecule is CC(C)C1CC(Nc2ccc(Cl)c(Br)c2)(C(N)=O)CCO1. The molecule has 1 amide bonds. The molecule has 0 aromatic heterocycles. The molecule has 21 heavy (non-hydrogen) atoms. The molecule has 0 aliphatic carbocycles. The fraction of sp³-hybridized carbons (Fsp3) is 0.533. The van der Waals surface area contributed by atoms with Crippen LogP contribution in [-0.2, 0) is 9.53 Å². The van der Waals surface area contributed by atoms with Gasteiger partial charge in [0.1, 0.15) is 5.54 Å². The van der Waals surface area contributed by atoms with Crippen LogP contribution in [0.2, 0.25) is 5.02 Å². The van der Waals surface area contributed by atoms with E-state index < -0.39 is 5.54 Å². The molecule has 2 unspecified atom stereocenters. The highest BCUT2D eigenvalue weighted by Gasteiger charge is 2.43. The third kappa shape index (κ3) is 3.71. The van der Waals surface area contributed by atoms with Crippen LogP contribution < -0.4 is 11.1 Å². The summed E-state index contributed by atoms with van der Waals surface area (Å²) in [4.78, 5) is 12.1. The Balaban J connectivity index is 2.25. The molecule has 2 atom stereocenters. The third-order valence-electron chi connectivity index (χ3n) is 3.93. The normalized spacial score (nSPS) is 25.9. The van der Waals surface area contributed by atoms with Gasteiger partial charge in [0.15, 0.2) is 0 Å². The molecule has 0 saturated carbocycles. The lowest BCUT2D eigenvalue weighted by Crippen LogP contribution is -2.56. The zero-order valence-corrected chi connectivity index (χ0v) is 14.5. The number of primary amides is 1. The summed E-state index contributed by atoms with van der Waals surface area (Å²) >= 11 is 9.39. The van der Waals surface area contributed by atoms with Crippen molar-refractivity contribution in [1.82, 2.24) is 0 Å². The van der Waals surface area contributed by atoms with E-state index in [1.807, 2.05) is 12.1 Å². The van der Waals surface area contributed by atoms with Crippen LogP contribution in [-0.4, -0.2) is 24.2 Å². The minimum atomic E-state index is -0.777. The van der Waals surface area contributed by atoms with E-state index in [-0.39, 0.29) is 12.0 Å². The highest BCUT2D eigenvalue weighted by atomic mass is 79.9. The monoisotopic (exact) mass is 374 g/mol. The van der Waals surface area contributed by atoms with Crippen LogP contribution in [0.4, 0.5) is 5.69 Å². The average molecular weight is 376 g/mol. The average Bonchev–Trinajstić information content (AvgIpc) is 2.43. The van der Waals surface area contributed by atoms with Crippen molar-refractivity contribution in [2.75, 3.05) is 11.9 Å². The lowest BCUT2D eigenvalue weighted by Gasteiger charge is -2.41. The van der Waals surface area contributed by atoms with E-state index >= 15 is 0 Å². The van der Waals surface area contributed by atoms with E-state index in [9.17, 15) is 4.79 Å². The van der Waals surface area contributed by atoms with Crippen molar-refractivity contribution in [2.24, 2.45) is 11.7 Å². The molecule has 1 fully saturated rings. The van der Waals surface area contributed by atoms with Gasteiger partial charge in [0.25, 0.3) is 0 Å². The van der Waals surface area contributed by atoms with Gasteiger partial charge in [-0.3, -0.25) is 4.79 Å². The van der Waals surface area contributed by atoms with Crippen LogP contribution in [0.1, 0.15) is 26.7 Å². The Morgan fingerprint density at radius 2 is 2.29 bits per heavy atom. The Labute approximate surface area is 138 Å². The number of ether oxygens (including phenoxy) is 1. The van der Waals surface area contributed by atoms with Crippen molar-refractivity contribution < 1.29 is 9.53 Å². The molecule has 1 saturated heterocycles. The number of halogens is 2. The third-order valence-corrected chi connectivity index (χ3v) is 5.14. The van der Waals surface area contributed by atoms with E-state index in [4.69, 9.17) is 22.1 Å². The number of amides is 1. The van der Waals surface area contributed by atoms with Crippen LogP contribution in [0.15, 0.2) is 22.7 Å². The largest absolute Gasteiger partial charge is 0.378 e. The summed E-state index contributed by atoms with van der Waals surface area (Å²) in [6, 6.07) is 5.48. The second-order valence-corrected chi connectivity index (χ2v) is 7.07. The van der Waals surface area contributed by atoms with Crippen molar-refractivity contribution >= 4 is 39.1 Å². The Morgan fingerprint density at radius 3 is 2.86 bits per heavy atom. The summed E-state index contributed by atoms with van der Waals surface area (Å²) in [6.07, 6.45) is 1.15. The van der Waals surface area contributed by atoms with Crippen molar-refractivity contribution in [3.8, 4) is 0 Å². The number of nitrogens with one attached hydrogen (secondary N) is 1. The Morgan fingerprint density at radius 1 is 1.57 bits per heavy atom. The van der Waals surface area contributed by atoms with Crippen LogP contribution >= 0.6 is 27.5 Å². The lowest BCUT2D eigenvalue weighted by molar-refractivity contribution is -0.128. The minimum Gasteiger partial charge on any atom is -0.378 e. The molecule has 1 aromatic rings. The lowest BCUT2D eigenvalue weighted by atomic mass is 9.82. The zero-order valence-electron chi connectivity index (χ0n) is 12.2. The fourth-order valence-corrected chi connectivity index (χ4v) is 3.06. The summed E-state index contributed by atoms with van der Waals surface area (Å²) in [7, 11) is 0. The van der Waals surface area contributed by atoms with Gasteiger partial charge in [-0.05, 0) is 40.0 Å². The van der Waals surface area contributed by atoms with Gasteiger partial charge < -0.3 is 15.8 Å². The number of nitrogens with two attached hydrogens (primary N) is 1. The molecule has 1 aliphatic rings. The summed E-state index contributed by atoms with van der Waals surface area (Å²) in [5.74, 6) is -0.00898. The standard InChI is InChI=1S/C15H20BrClN2O2/c1-9(2)13-8-15(14(18)20,5-6-21-13)19-10-3-4-12(17)11(16)7-10/h3-4,7,9,13,19H,5-6,8H2,1-2H3,(H2,18,20). The number of hydrogen-bond acceptors (Lipinski definition) is 3. The van der Waals surface area contributed by atoms with Crippen molar-refractivity contribution in [3.05, 3.63) is 27.7 Å². The van der Waals surface area contributed by atoms with Gasteiger partial charge in [-0.25, -0.2) is 0 Å². The van der Waals surface area contributed by atoms with E-state index in [1.54, 1.807) is 6.07 Å². The molecular formula is C15H20BrClN2O2. The number of anilines is 1. The van der Waals surface area contributed by atoms with Gasteiger partial charge in [-0.2, -0.15) is 0 Å². The van der Waals surface area contributed by atoms with Crippen LogP contribution in [0.5, 0.6) is 0 Å². The van der Waals surface area contributed by atoms with E-state index in [0.29, 0.717) is 30.4 Å².